The molecule has 2 unspecified atom stereocenters. The molecule has 1 aromatic heterocycles. The number of hydrogen-bond donors (Lipinski definition) is 2. The van der Waals surface area contributed by atoms with Gasteiger partial charge in [-0.1, -0.05) is 26.7 Å². The highest BCUT2D eigenvalue weighted by Gasteiger charge is 2.23. The molecular weight excluding hydrogens is 250 g/mol. The number of rotatable bonds is 5. The fourth-order valence-electron chi connectivity index (χ4n) is 2.71. The molecule has 1 aliphatic carbocycles. The second-order valence-electron chi connectivity index (χ2n) is 5.70. The lowest BCUT2D eigenvalue weighted by Crippen LogP contribution is -2.41. The second-order valence-corrected chi connectivity index (χ2v) is 5.70. The minimum atomic E-state index is -0.0519. The number of hydrogen-bond acceptors (Lipinski definition) is 3. The Hall–Kier alpha value is -1.58. The van der Waals surface area contributed by atoms with Crippen molar-refractivity contribution in [1.29, 1.82) is 0 Å². The van der Waals surface area contributed by atoms with Gasteiger partial charge in [-0.25, -0.2) is 0 Å². The van der Waals surface area contributed by atoms with Crippen LogP contribution in [0.2, 0.25) is 0 Å². The molecule has 1 saturated carbocycles. The molecule has 1 aliphatic rings. The van der Waals surface area contributed by atoms with Gasteiger partial charge in [0, 0.05) is 24.5 Å². The maximum absolute atomic E-state index is 12.3. The van der Waals surface area contributed by atoms with E-state index in [4.69, 9.17) is 0 Å². The van der Waals surface area contributed by atoms with Crippen molar-refractivity contribution in [2.24, 2.45) is 5.92 Å². The normalized spacial score (nSPS) is 22.3. The molecule has 2 rings (SSSR count). The van der Waals surface area contributed by atoms with Gasteiger partial charge in [-0.2, -0.15) is 0 Å². The molecule has 0 bridgehead atoms. The molecule has 2 atom stereocenters. The Labute approximate surface area is 121 Å². The van der Waals surface area contributed by atoms with Gasteiger partial charge in [0.15, 0.2) is 0 Å². The lowest BCUT2D eigenvalue weighted by molar-refractivity contribution is 0.0905. The van der Waals surface area contributed by atoms with E-state index in [2.05, 4.69) is 29.5 Å². The summed E-state index contributed by atoms with van der Waals surface area (Å²) >= 11 is 0. The van der Waals surface area contributed by atoms with Crippen LogP contribution in [-0.4, -0.2) is 23.5 Å². The zero-order valence-electron chi connectivity index (χ0n) is 12.5. The first-order valence-electron chi connectivity index (χ1n) is 7.71. The molecule has 4 heteroatoms. The first kappa shape index (κ1) is 14.8. The molecule has 2 N–H and O–H groups in total. The first-order valence-corrected chi connectivity index (χ1v) is 7.71. The number of carbonyl (C=O) groups excluding carboxylic acids is 1. The van der Waals surface area contributed by atoms with E-state index in [0.29, 0.717) is 17.7 Å². The summed E-state index contributed by atoms with van der Waals surface area (Å²) in [6.45, 7) is 5.24. The molecule has 0 aromatic carbocycles. The third-order valence-electron chi connectivity index (χ3n) is 4.00. The second kappa shape index (κ2) is 7.27. The Morgan fingerprint density at radius 3 is 2.95 bits per heavy atom. The van der Waals surface area contributed by atoms with Crippen molar-refractivity contribution in [3.63, 3.8) is 0 Å². The summed E-state index contributed by atoms with van der Waals surface area (Å²) in [5, 5.41) is 6.42. The number of nitrogens with one attached hydrogen (secondary N) is 2. The van der Waals surface area contributed by atoms with E-state index in [1.54, 1.807) is 6.20 Å². The van der Waals surface area contributed by atoms with Gasteiger partial charge < -0.3 is 10.6 Å². The predicted octanol–water partition coefficient (Wildman–Crippen LogP) is 3.21. The molecule has 1 heterocycles. The van der Waals surface area contributed by atoms with E-state index >= 15 is 0 Å². The van der Waals surface area contributed by atoms with Crippen LogP contribution in [0.3, 0.4) is 0 Å². The topological polar surface area (TPSA) is 54.0 Å². The summed E-state index contributed by atoms with van der Waals surface area (Å²) in [5.74, 6) is 0.512. The van der Waals surface area contributed by atoms with Gasteiger partial charge in [0.1, 0.15) is 5.69 Å². The average Bonchev–Trinajstić information content (AvgIpc) is 2.48. The molecule has 0 aliphatic heterocycles. The van der Waals surface area contributed by atoms with Crippen molar-refractivity contribution in [1.82, 2.24) is 10.3 Å². The van der Waals surface area contributed by atoms with E-state index in [0.717, 1.165) is 25.1 Å². The fraction of sp³-hybridized carbons (Fsp3) is 0.625. The highest BCUT2D eigenvalue weighted by Crippen LogP contribution is 2.24. The third-order valence-corrected chi connectivity index (χ3v) is 4.00. The molecule has 20 heavy (non-hydrogen) atoms. The van der Waals surface area contributed by atoms with Crippen molar-refractivity contribution < 1.29 is 4.79 Å². The average molecular weight is 275 g/mol. The van der Waals surface area contributed by atoms with Crippen LogP contribution in [0.4, 0.5) is 5.69 Å². The predicted molar refractivity (Wildman–Crippen MR) is 81.9 cm³/mol. The van der Waals surface area contributed by atoms with Gasteiger partial charge in [-0.15, -0.1) is 0 Å². The molecule has 1 fully saturated rings. The zero-order valence-corrected chi connectivity index (χ0v) is 12.5. The standard InChI is InChI=1S/C16H25N3O/c1-3-9-17-13-8-10-18-15(11-13)16(20)19-14-7-5-4-6-12(14)2/h8,10-12,14H,3-7,9H2,1-2H3,(H,17,18)(H,19,20). The van der Waals surface area contributed by atoms with Crippen LogP contribution in [0, 0.1) is 5.92 Å². The Morgan fingerprint density at radius 1 is 1.40 bits per heavy atom. The summed E-state index contributed by atoms with van der Waals surface area (Å²) < 4.78 is 0. The lowest BCUT2D eigenvalue weighted by Gasteiger charge is -2.29. The van der Waals surface area contributed by atoms with Crippen LogP contribution in [0.25, 0.3) is 0 Å². The quantitative estimate of drug-likeness (QED) is 0.867. The summed E-state index contributed by atoms with van der Waals surface area (Å²) in [7, 11) is 0. The van der Waals surface area contributed by atoms with E-state index in [9.17, 15) is 4.79 Å². The molecule has 0 spiro atoms. The van der Waals surface area contributed by atoms with E-state index in [1.165, 1.54) is 19.3 Å². The van der Waals surface area contributed by atoms with Gasteiger partial charge in [-0.3, -0.25) is 9.78 Å². The van der Waals surface area contributed by atoms with Gasteiger partial charge in [0.05, 0.1) is 0 Å². The molecule has 0 radical (unpaired) electrons. The lowest BCUT2D eigenvalue weighted by atomic mass is 9.86. The van der Waals surface area contributed by atoms with Crippen LogP contribution >= 0.6 is 0 Å². The highest BCUT2D eigenvalue weighted by atomic mass is 16.1. The fourth-order valence-corrected chi connectivity index (χ4v) is 2.71. The first-order chi connectivity index (χ1) is 9.70. The van der Waals surface area contributed by atoms with Crippen molar-refractivity contribution >= 4 is 11.6 Å². The van der Waals surface area contributed by atoms with Gasteiger partial charge in [0.2, 0.25) is 0 Å². The summed E-state index contributed by atoms with van der Waals surface area (Å²) in [5.41, 5.74) is 1.47. The monoisotopic (exact) mass is 275 g/mol. The smallest absolute Gasteiger partial charge is 0.270 e. The molecule has 110 valence electrons. The summed E-state index contributed by atoms with van der Waals surface area (Å²) in [6.07, 6.45) is 7.53. The van der Waals surface area contributed by atoms with Crippen LogP contribution in [0.5, 0.6) is 0 Å². The third kappa shape index (κ3) is 3.95. The number of aromatic nitrogens is 1. The molecular formula is C16H25N3O. The van der Waals surface area contributed by atoms with Crippen molar-refractivity contribution in [3.8, 4) is 0 Å². The molecule has 0 saturated heterocycles. The molecule has 1 amide bonds. The maximum Gasteiger partial charge on any atom is 0.270 e. The van der Waals surface area contributed by atoms with Crippen molar-refractivity contribution in [2.75, 3.05) is 11.9 Å². The van der Waals surface area contributed by atoms with E-state index < -0.39 is 0 Å². The molecule has 1 aromatic rings. The Bertz CT molecular complexity index is 447. The SMILES string of the molecule is CCCNc1ccnc(C(=O)NC2CCCCC2C)c1. The largest absolute Gasteiger partial charge is 0.385 e. The Kier molecular flexibility index (Phi) is 5.39. The van der Waals surface area contributed by atoms with Gasteiger partial charge >= 0.3 is 0 Å². The zero-order chi connectivity index (χ0) is 14.4. The van der Waals surface area contributed by atoms with E-state index in [-0.39, 0.29) is 5.91 Å². The summed E-state index contributed by atoms with van der Waals surface area (Å²) in [6, 6.07) is 4.03. The van der Waals surface area contributed by atoms with Crippen LogP contribution in [0.1, 0.15) is 56.4 Å². The number of nitrogens with zero attached hydrogens (tertiary/aromatic N) is 1. The van der Waals surface area contributed by atoms with Crippen LogP contribution in [0.15, 0.2) is 18.3 Å². The highest BCUT2D eigenvalue weighted by molar-refractivity contribution is 5.93. The summed E-state index contributed by atoms with van der Waals surface area (Å²) in [4.78, 5) is 16.5. The maximum atomic E-state index is 12.3. The van der Waals surface area contributed by atoms with Crippen molar-refractivity contribution in [3.05, 3.63) is 24.0 Å². The van der Waals surface area contributed by atoms with Gasteiger partial charge in [0.25, 0.3) is 5.91 Å². The van der Waals surface area contributed by atoms with Crippen LogP contribution in [-0.2, 0) is 0 Å². The number of pyridine rings is 1. The van der Waals surface area contributed by atoms with E-state index in [1.807, 2.05) is 12.1 Å². The minimum absolute atomic E-state index is 0.0519. The number of anilines is 1. The number of carbonyl (C=O) groups is 1. The Balaban J connectivity index is 1.97. The molecule has 4 nitrogen and oxygen atoms in total. The Morgan fingerprint density at radius 2 is 2.20 bits per heavy atom. The van der Waals surface area contributed by atoms with Crippen LogP contribution < -0.4 is 10.6 Å². The minimum Gasteiger partial charge on any atom is -0.385 e. The number of amides is 1. The van der Waals surface area contributed by atoms with Crippen molar-refractivity contribution in [2.45, 2.75) is 52.0 Å². The van der Waals surface area contributed by atoms with Gasteiger partial charge in [-0.05, 0) is 37.3 Å².